The number of aromatic nitrogens is 4. The van der Waals surface area contributed by atoms with E-state index in [0.717, 1.165) is 40.8 Å². The van der Waals surface area contributed by atoms with Gasteiger partial charge in [0.2, 0.25) is 0 Å². The lowest BCUT2D eigenvalue weighted by atomic mass is 10.2. The first-order valence-electron chi connectivity index (χ1n) is 8.00. The Morgan fingerprint density at radius 1 is 1.39 bits per heavy atom. The largest absolute Gasteiger partial charge is 0.373 e. The lowest BCUT2D eigenvalue weighted by Crippen LogP contribution is -2.46. The molecule has 0 radical (unpaired) electrons. The number of nitrogens with two attached hydrogens (primary N) is 1. The van der Waals surface area contributed by atoms with Gasteiger partial charge in [-0.2, -0.15) is 0 Å². The topological polar surface area (TPSA) is 93.0 Å². The van der Waals surface area contributed by atoms with E-state index in [2.05, 4.69) is 24.8 Å². The number of anilines is 1. The Kier molecular flexibility index (Phi) is 4.68. The van der Waals surface area contributed by atoms with Crippen LogP contribution in [0.1, 0.15) is 13.8 Å². The van der Waals surface area contributed by atoms with Gasteiger partial charge in [0.05, 0.1) is 29.8 Å². The number of pyridine rings is 1. The maximum atomic E-state index is 5.73. The molecule has 1 saturated heterocycles. The minimum Gasteiger partial charge on any atom is -0.373 e. The van der Waals surface area contributed by atoms with Crippen molar-refractivity contribution in [1.29, 1.82) is 0 Å². The smallest absolute Gasteiger partial charge is 0.143 e. The van der Waals surface area contributed by atoms with Gasteiger partial charge in [0, 0.05) is 31.2 Å². The lowest BCUT2D eigenvalue weighted by Gasteiger charge is -2.33. The second-order valence-corrected chi connectivity index (χ2v) is 5.14. The molecule has 0 amide bonds. The van der Waals surface area contributed by atoms with Crippen LogP contribution in [0.4, 0.5) is 5.82 Å². The van der Waals surface area contributed by atoms with Crippen molar-refractivity contribution in [2.24, 2.45) is 5.73 Å². The zero-order valence-electron chi connectivity index (χ0n) is 13.5. The summed E-state index contributed by atoms with van der Waals surface area (Å²) in [7, 11) is 0. The molecule has 0 unspecified atom stereocenters. The van der Waals surface area contributed by atoms with Crippen molar-refractivity contribution in [2.75, 3.05) is 31.1 Å². The third-order valence-corrected chi connectivity index (χ3v) is 3.87. The van der Waals surface area contributed by atoms with Crippen molar-refractivity contribution in [1.82, 2.24) is 19.9 Å². The van der Waals surface area contributed by atoms with E-state index in [1.165, 1.54) is 0 Å². The number of aromatic amines is 1. The van der Waals surface area contributed by atoms with Crippen molar-refractivity contribution in [2.45, 2.75) is 20.0 Å². The summed E-state index contributed by atoms with van der Waals surface area (Å²) < 4.78 is 5.63. The van der Waals surface area contributed by atoms with Crippen molar-refractivity contribution in [3.8, 4) is 0 Å². The minimum absolute atomic E-state index is 0.0515. The Labute approximate surface area is 134 Å². The average molecular weight is 314 g/mol. The molecule has 4 rings (SSSR count). The van der Waals surface area contributed by atoms with Gasteiger partial charge in [-0.15, -0.1) is 0 Å². The molecule has 3 N–H and O–H groups in total. The third kappa shape index (κ3) is 2.85. The first-order chi connectivity index (χ1) is 11.4. The van der Waals surface area contributed by atoms with Crippen molar-refractivity contribution in [3.63, 3.8) is 0 Å². The molecule has 3 aromatic rings. The van der Waals surface area contributed by atoms with Crippen LogP contribution in [0.3, 0.4) is 0 Å². The molecule has 7 heteroatoms. The first kappa shape index (κ1) is 15.6. The highest BCUT2D eigenvalue weighted by atomic mass is 16.5. The standard InChI is InChI=1S/C14H16N6O.C2H6/c15-5-9-7-20(3-4-21-9)14-12-10-1-2-16-6-11(10)19-13(12)17-8-18-14;1-2/h1-2,6,8-9H,3-5,7,15H2,(H,17,18,19);1-2H3/t9-;/m0./s1. The number of fused-ring (bicyclic) bond motifs is 3. The average Bonchev–Trinajstić information content (AvgIpc) is 3.02. The van der Waals surface area contributed by atoms with Gasteiger partial charge >= 0.3 is 0 Å². The van der Waals surface area contributed by atoms with E-state index in [1.807, 2.05) is 26.1 Å². The van der Waals surface area contributed by atoms with E-state index >= 15 is 0 Å². The highest BCUT2D eigenvalue weighted by molar-refractivity contribution is 6.10. The van der Waals surface area contributed by atoms with Crippen LogP contribution < -0.4 is 10.6 Å². The summed E-state index contributed by atoms with van der Waals surface area (Å²) >= 11 is 0. The second-order valence-electron chi connectivity index (χ2n) is 5.14. The maximum absolute atomic E-state index is 5.73. The molecule has 0 aliphatic carbocycles. The van der Waals surface area contributed by atoms with Gasteiger partial charge in [-0.3, -0.25) is 4.98 Å². The number of hydrogen-bond acceptors (Lipinski definition) is 6. The Morgan fingerprint density at radius 2 is 2.26 bits per heavy atom. The highest BCUT2D eigenvalue weighted by Gasteiger charge is 2.23. The number of rotatable bonds is 2. The monoisotopic (exact) mass is 314 g/mol. The molecular formula is C16H22N6O. The van der Waals surface area contributed by atoms with Crippen LogP contribution >= 0.6 is 0 Å². The summed E-state index contributed by atoms with van der Waals surface area (Å²) in [4.78, 5) is 18.5. The molecule has 0 saturated carbocycles. The molecule has 1 aliphatic heterocycles. The fourth-order valence-electron chi connectivity index (χ4n) is 2.85. The predicted octanol–water partition coefficient (Wildman–Crippen LogP) is 1.70. The minimum atomic E-state index is 0.0515. The van der Waals surface area contributed by atoms with Gasteiger partial charge in [-0.25, -0.2) is 9.97 Å². The molecule has 3 aromatic heterocycles. The van der Waals surface area contributed by atoms with Gasteiger partial charge in [-0.1, -0.05) is 13.8 Å². The summed E-state index contributed by atoms with van der Waals surface area (Å²) in [5.74, 6) is 0.930. The molecular weight excluding hydrogens is 292 g/mol. The zero-order chi connectivity index (χ0) is 16.2. The van der Waals surface area contributed by atoms with Crippen molar-refractivity contribution >= 4 is 27.8 Å². The van der Waals surface area contributed by atoms with Crippen LogP contribution in [0, 0.1) is 0 Å². The highest BCUT2D eigenvalue weighted by Crippen LogP contribution is 2.31. The molecule has 0 bridgehead atoms. The maximum Gasteiger partial charge on any atom is 0.143 e. The first-order valence-corrected chi connectivity index (χ1v) is 8.00. The summed E-state index contributed by atoms with van der Waals surface area (Å²) in [6.07, 6.45) is 5.24. The summed E-state index contributed by atoms with van der Waals surface area (Å²) in [6.45, 7) is 6.74. The van der Waals surface area contributed by atoms with E-state index in [4.69, 9.17) is 10.5 Å². The molecule has 0 spiro atoms. The second kappa shape index (κ2) is 6.89. The lowest BCUT2D eigenvalue weighted by molar-refractivity contribution is 0.0464. The third-order valence-electron chi connectivity index (χ3n) is 3.87. The van der Waals surface area contributed by atoms with E-state index in [-0.39, 0.29) is 6.10 Å². The molecule has 23 heavy (non-hydrogen) atoms. The van der Waals surface area contributed by atoms with Gasteiger partial charge < -0.3 is 20.4 Å². The molecule has 4 heterocycles. The van der Waals surface area contributed by atoms with E-state index < -0.39 is 0 Å². The van der Waals surface area contributed by atoms with Crippen LogP contribution in [0.2, 0.25) is 0 Å². The quantitative estimate of drug-likeness (QED) is 0.748. The number of morpholine rings is 1. The van der Waals surface area contributed by atoms with Crippen molar-refractivity contribution in [3.05, 3.63) is 24.8 Å². The molecule has 0 aromatic carbocycles. The molecule has 1 aliphatic rings. The SMILES string of the molecule is CC.NC[C@H]1CN(c2ncnc3[nH]c4cnccc4c23)CCO1. The van der Waals surface area contributed by atoms with Gasteiger partial charge in [0.15, 0.2) is 0 Å². The fourth-order valence-corrected chi connectivity index (χ4v) is 2.85. The van der Waals surface area contributed by atoms with Crippen LogP contribution in [0.25, 0.3) is 21.9 Å². The van der Waals surface area contributed by atoms with Gasteiger partial charge in [0.25, 0.3) is 0 Å². The summed E-state index contributed by atoms with van der Waals surface area (Å²) in [6, 6.07) is 1.99. The summed E-state index contributed by atoms with van der Waals surface area (Å²) in [5, 5.41) is 2.12. The van der Waals surface area contributed by atoms with E-state index in [1.54, 1.807) is 12.5 Å². The predicted molar refractivity (Wildman–Crippen MR) is 91.5 cm³/mol. The molecule has 7 nitrogen and oxygen atoms in total. The zero-order valence-corrected chi connectivity index (χ0v) is 13.5. The van der Waals surface area contributed by atoms with E-state index in [9.17, 15) is 0 Å². The van der Waals surface area contributed by atoms with Crippen LogP contribution in [0.5, 0.6) is 0 Å². The molecule has 122 valence electrons. The Bertz CT molecular complexity index is 786. The summed E-state index contributed by atoms with van der Waals surface area (Å²) in [5.41, 5.74) is 7.53. The number of nitrogens with zero attached hydrogens (tertiary/aromatic N) is 4. The van der Waals surface area contributed by atoms with E-state index in [0.29, 0.717) is 13.2 Å². The normalized spacial score (nSPS) is 18.0. The Morgan fingerprint density at radius 3 is 3.09 bits per heavy atom. The van der Waals surface area contributed by atoms with Gasteiger partial charge in [0.1, 0.15) is 17.8 Å². The van der Waals surface area contributed by atoms with Gasteiger partial charge in [-0.05, 0) is 6.07 Å². The molecule has 1 atom stereocenters. The number of H-pyrrole nitrogens is 1. The number of nitrogens with one attached hydrogen (secondary N) is 1. The fraction of sp³-hybridized carbons (Fsp3) is 0.438. The number of hydrogen-bond donors (Lipinski definition) is 2. The van der Waals surface area contributed by atoms with Crippen LogP contribution in [-0.2, 0) is 4.74 Å². The Hall–Kier alpha value is -2.25. The van der Waals surface area contributed by atoms with Crippen molar-refractivity contribution < 1.29 is 4.74 Å². The number of ether oxygens (including phenoxy) is 1. The van der Waals surface area contributed by atoms with Crippen LogP contribution in [-0.4, -0.2) is 52.3 Å². The molecule has 1 fully saturated rings. The Balaban J connectivity index is 0.000000753. The van der Waals surface area contributed by atoms with Crippen LogP contribution in [0.15, 0.2) is 24.8 Å².